The fourth-order valence-corrected chi connectivity index (χ4v) is 3.56. The summed E-state index contributed by atoms with van der Waals surface area (Å²) < 4.78 is 0. The van der Waals surface area contributed by atoms with Gasteiger partial charge in [0.05, 0.1) is 12.6 Å². The Balaban J connectivity index is 1.40. The van der Waals surface area contributed by atoms with Crippen LogP contribution in [0.15, 0.2) is 24.3 Å². The SMILES string of the molecule is CCC(C)c1ccc(NC(=O)CN2CCN(C(C)C(=O)NC3CC3)CC2)cc1. The van der Waals surface area contributed by atoms with E-state index in [9.17, 15) is 9.59 Å². The Labute approximate surface area is 168 Å². The van der Waals surface area contributed by atoms with Gasteiger partial charge < -0.3 is 10.6 Å². The largest absolute Gasteiger partial charge is 0.352 e. The number of benzene rings is 1. The minimum atomic E-state index is -0.0967. The summed E-state index contributed by atoms with van der Waals surface area (Å²) >= 11 is 0. The molecule has 1 saturated carbocycles. The van der Waals surface area contributed by atoms with E-state index in [1.807, 2.05) is 19.1 Å². The van der Waals surface area contributed by atoms with Crippen molar-refractivity contribution < 1.29 is 9.59 Å². The van der Waals surface area contributed by atoms with E-state index in [-0.39, 0.29) is 17.9 Å². The van der Waals surface area contributed by atoms with Crippen molar-refractivity contribution in [3.05, 3.63) is 29.8 Å². The lowest BCUT2D eigenvalue weighted by Gasteiger charge is -2.37. The molecule has 2 amide bonds. The molecule has 2 unspecified atom stereocenters. The second-order valence-corrected chi connectivity index (χ2v) is 8.25. The number of anilines is 1. The summed E-state index contributed by atoms with van der Waals surface area (Å²) in [7, 11) is 0. The lowest BCUT2D eigenvalue weighted by molar-refractivity contribution is -0.127. The van der Waals surface area contributed by atoms with Crippen molar-refractivity contribution in [3.63, 3.8) is 0 Å². The molecule has 2 fully saturated rings. The molecule has 0 aromatic heterocycles. The Bertz CT molecular complexity index is 664. The molecule has 2 N–H and O–H groups in total. The van der Waals surface area contributed by atoms with Crippen molar-refractivity contribution in [1.29, 1.82) is 0 Å². The molecule has 6 heteroatoms. The molecule has 0 spiro atoms. The first-order valence-electron chi connectivity index (χ1n) is 10.6. The van der Waals surface area contributed by atoms with Gasteiger partial charge in [-0.05, 0) is 49.8 Å². The standard InChI is InChI=1S/C22H34N4O2/c1-4-16(2)18-5-7-19(8-6-18)23-21(27)15-25-11-13-26(14-12-25)17(3)22(28)24-20-9-10-20/h5-8,16-17,20H,4,9-15H2,1-3H3,(H,23,27)(H,24,28). The average molecular weight is 387 g/mol. The van der Waals surface area contributed by atoms with Crippen molar-refractivity contribution in [3.8, 4) is 0 Å². The van der Waals surface area contributed by atoms with Gasteiger partial charge in [-0.3, -0.25) is 19.4 Å². The van der Waals surface area contributed by atoms with E-state index in [4.69, 9.17) is 0 Å². The number of amides is 2. The third-order valence-corrected chi connectivity index (χ3v) is 6.00. The molecule has 1 saturated heterocycles. The van der Waals surface area contributed by atoms with Crippen LogP contribution < -0.4 is 10.6 Å². The summed E-state index contributed by atoms with van der Waals surface area (Å²) in [6.45, 7) is 10.0. The molecule has 0 bridgehead atoms. The third-order valence-electron chi connectivity index (χ3n) is 6.00. The Morgan fingerprint density at radius 2 is 1.71 bits per heavy atom. The third kappa shape index (κ3) is 5.79. The summed E-state index contributed by atoms with van der Waals surface area (Å²) in [5.41, 5.74) is 2.15. The number of rotatable bonds is 8. The molecule has 1 aliphatic heterocycles. The number of carbonyl (C=O) groups is 2. The molecule has 2 aliphatic rings. The molecule has 0 radical (unpaired) electrons. The summed E-state index contributed by atoms with van der Waals surface area (Å²) in [4.78, 5) is 29.0. The highest BCUT2D eigenvalue weighted by molar-refractivity contribution is 5.92. The molecule has 154 valence electrons. The van der Waals surface area contributed by atoms with Crippen LogP contribution in [0, 0.1) is 0 Å². The van der Waals surface area contributed by atoms with Gasteiger partial charge in [-0.1, -0.05) is 26.0 Å². The van der Waals surface area contributed by atoms with Gasteiger partial charge in [0.1, 0.15) is 0 Å². The minimum absolute atomic E-state index is 0.0178. The van der Waals surface area contributed by atoms with Gasteiger partial charge in [0.2, 0.25) is 11.8 Å². The van der Waals surface area contributed by atoms with E-state index >= 15 is 0 Å². The minimum Gasteiger partial charge on any atom is -0.352 e. The van der Waals surface area contributed by atoms with Crippen LogP contribution in [0.3, 0.4) is 0 Å². The van der Waals surface area contributed by atoms with Crippen LogP contribution in [0.5, 0.6) is 0 Å². The summed E-state index contributed by atoms with van der Waals surface area (Å²) in [6, 6.07) is 8.46. The first kappa shape index (κ1) is 20.8. The van der Waals surface area contributed by atoms with Gasteiger partial charge in [-0.25, -0.2) is 0 Å². The Kier molecular flexibility index (Phi) is 7.08. The second kappa shape index (κ2) is 9.52. The molecule has 3 rings (SSSR count). The second-order valence-electron chi connectivity index (χ2n) is 8.25. The maximum Gasteiger partial charge on any atom is 0.238 e. The maximum atomic E-state index is 12.4. The topological polar surface area (TPSA) is 64.7 Å². The number of hydrogen-bond donors (Lipinski definition) is 2. The van der Waals surface area contributed by atoms with Crippen molar-refractivity contribution >= 4 is 17.5 Å². The van der Waals surface area contributed by atoms with Gasteiger partial charge in [-0.15, -0.1) is 0 Å². The predicted octanol–water partition coefficient (Wildman–Crippen LogP) is 2.42. The summed E-state index contributed by atoms with van der Waals surface area (Å²) in [5.74, 6) is 0.689. The summed E-state index contributed by atoms with van der Waals surface area (Å²) in [6.07, 6.45) is 3.34. The Morgan fingerprint density at radius 3 is 2.29 bits per heavy atom. The number of piperazine rings is 1. The zero-order chi connectivity index (χ0) is 20.1. The van der Waals surface area contributed by atoms with E-state index in [0.717, 1.165) is 51.1 Å². The van der Waals surface area contributed by atoms with Crippen LogP contribution in [0.25, 0.3) is 0 Å². The van der Waals surface area contributed by atoms with Crippen LogP contribution in [0.4, 0.5) is 5.69 Å². The molecule has 1 aromatic rings. The smallest absolute Gasteiger partial charge is 0.238 e. The molecular weight excluding hydrogens is 352 g/mol. The van der Waals surface area contributed by atoms with Gasteiger partial charge in [0.25, 0.3) is 0 Å². The molecular formula is C22H34N4O2. The fraction of sp³-hybridized carbons (Fsp3) is 0.636. The van der Waals surface area contributed by atoms with E-state index in [1.165, 1.54) is 5.56 Å². The number of nitrogens with one attached hydrogen (secondary N) is 2. The maximum absolute atomic E-state index is 12.4. The first-order chi connectivity index (χ1) is 13.5. The predicted molar refractivity (Wildman–Crippen MR) is 112 cm³/mol. The molecule has 1 aromatic carbocycles. The van der Waals surface area contributed by atoms with Crippen LogP contribution in [0.1, 0.15) is 51.5 Å². The fourth-order valence-electron chi connectivity index (χ4n) is 3.56. The number of nitrogens with zero attached hydrogens (tertiary/aromatic N) is 2. The molecule has 6 nitrogen and oxygen atoms in total. The lowest BCUT2D eigenvalue weighted by atomic mass is 9.99. The highest BCUT2D eigenvalue weighted by atomic mass is 16.2. The van der Waals surface area contributed by atoms with Crippen LogP contribution in [0.2, 0.25) is 0 Å². The van der Waals surface area contributed by atoms with Gasteiger partial charge in [0, 0.05) is 37.9 Å². The first-order valence-corrected chi connectivity index (χ1v) is 10.6. The van der Waals surface area contributed by atoms with E-state index in [1.54, 1.807) is 0 Å². The van der Waals surface area contributed by atoms with E-state index in [0.29, 0.717) is 18.5 Å². The van der Waals surface area contributed by atoms with E-state index in [2.05, 4.69) is 46.4 Å². The van der Waals surface area contributed by atoms with Crippen molar-refractivity contribution in [2.45, 2.75) is 58.0 Å². The molecule has 1 heterocycles. The van der Waals surface area contributed by atoms with Crippen LogP contribution in [-0.2, 0) is 9.59 Å². The zero-order valence-corrected chi connectivity index (χ0v) is 17.4. The average Bonchev–Trinajstić information content (AvgIpc) is 3.52. The highest BCUT2D eigenvalue weighted by Crippen LogP contribution is 2.21. The molecule has 2 atom stereocenters. The van der Waals surface area contributed by atoms with E-state index < -0.39 is 0 Å². The Morgan fingerprint density at radius 1 is 1.07 bits per heavy atom. The Hall–Kier alpha value is -1.92. The molecule has 28 heavy (non-hydrogen) atoms. The lowest BCUT2D eigenvalue weighted by Crippen LogP contribution is -2.55. The van der Waals surface area contributed by atoms with Crippen molar-refractivity contribution in [1.82, 2.24) is 15.1 Å². The van der Waals surface area contributed by atoms with Gasteiger partial charge in [-0.2, -0.15) is 0 Å². The van der Waals surface area contributed by atoms with Crippen LogP contribution in [-0.4, -0.2) is 66.4 Å². The zero-order valence-electron chi connectivity index (χ0n) is 17.4. The quantitative estimate of drug-likeness (QED) is 0.720. The summed E-state index contributed by atoms with van der Waals surface area (Å²) in [5, 5.41) is 6.07. The highest BCUT2D eigenvalue weighted by Gasteiger charge is 2.30. The monoisotopic (exact) mass is 386 g/mol. The van der Waals surface area contributed by atoms with Crippen molar-refractivity contribution in [2.75, 3.05) is 38.0 Å². The van der Waals surface area contributed by atoms with Gasteiger partial charge >= 0.3 is 0 Å². The normalized spacial score (nSPS) is 20.4. The molecule has 1 aliphatic carbocycles. The number of hydrogen-bond acceptors (Lipinski definition) is 4. The van der Waals surface area contributed by atoms with Crippen molar-refractivity contribution in [2.24, 2.45) is 0 Å². The van der Waals surface area contributed by atoms with Crippen LogP contribution >= 0.6 is 0 Å². The number of carbonyl (C=O) groups excluding carboxylic acids is 2. The van der Waals surface area contributed by atoms with Gasteiger partial charge in [0.15, 0.2) is 0 Å².